The quantitative estimate of drug-likeness (QED) is 0.0515. The van der Waals surface area contributed by atoms with E-state index < -0.39 is 79.1 Å². The monoisotopic (exact) mass is 1000 g/mol. The van der Waals surface area contributed by atoms with E-state index in [1.807, 2.05) is 30.3 Å². The molecule has 0 aliphatic carbocycles. The Balaban J connectivity index is 0.00000272. The van der Waals surface area contributed by atoms with E-state index in [0.717, 1.165) is 23.9 Å². The Hall–Kier alpha value is -3.49. The smallest absolute Gasteiger partial charge is 0.506 e. The number of rotatable bonds is 11. The van der Waals surface area contributed by atoms with Crippen LogP contribution in [0.1, 0.15) is 0 Å². The Kier molecular flexibility index (Phi) is 18.7. The molecule has 0 unspecified atom stereocenters. The number of azo groups is 2. The second-order valence-electron chi connectivity index (χ2n) is 12.8. The van der Waals surface area contributed by atoms with Crippen LogP contribution in [-0.4, -0.2) is 61.3 Å². The van der Waals surface area contributed by atoms with Gasteiger partial charge in [0.15, 0.2) is 11.5 Å². The Morgan fingerprint density at radius 3 is 1.64 bits per heavy atom. The molecular weight excluding hydrogens is 975 g/mol. The van der Waals surface area contributed by atoms with Crippen LogP contribution in [0.15, 0.2) is 150 Å². The zero-order chi connectivity index (χ0) is 43.1. The van der Waals surface area contributed by atoms with Gasteiger partial charge in [-0.25, -0.2) is 0 Å². The van der Waals surface area contributed by atoms with Gasteiger partial charge in [-0.15, -0.1) is 20.5 Å². The number of nitrogens with one attached hydrogen (secondary N) is 1. The van der Waals surface area contributed by atoms with Crippen molar-refractivity contribution in [2.45, 2.75) is 14.7 Å². The molecule has 0 saturated heterocycles. The second kappa shape index (κ2) is 21.9. The molecule has 25 heteroatoms. The van der Waals surface area contributed by atoms with Crippen molar-refractivity contribution in [3.8, 4) is 34.1 Å². The number of benzene rings is 7. The van der Waals surface area contributed by atoms with Crippen LogP contribution in [0.4, 0.5) is 34.1 Å². The molecule has 317 valence electrons. The van der Waals surface area contributed by atoms with Gasteiger partial charge in [0.05, 0.1) is 7.11 Å². The number of phenols is 3. The van der Waals surface area contributed by atoms with Crippen molar-refractivity contribution >= 4 is 86.0 Å². The molecule has 0 amide bonds. The third kappa shape index (κ3) is 11.9. The summed E-state index contributed by atoms with van der Waals surface area (Å²) in [4.78, 5) is -2.40. The second-order valence-corrected chi connectivity index (χ2v) is 17.0. The molecular formula is C39H29CuN5Na3O13S3+3. The van der Waals surface area contributed by atoms with E-state index in [1.165, 1.54) is 61.7 Å². The summed E-state index contributed by atoms with van der Waals surface area (Å²) in [6.45, 7) is 0. The number of methoxy groups -OCH3 is 1. The standard InChI is InChI=1S/C39H29N5O13S3.Cu.3Na/c1-57-31-18-22(11-15-29(31)42-44-37-33(59(51,52)53)19-23-6-5-9-32(58(48,49)50)35(23)39(37)47)21-10-14-28(30(45)17-21)41-43-36-34(60(54,55)56)20-24-16-26(12-13-27(24)38(36)46)40-25-7-3-2-4-8-25;;;;/h2-20,40,45-47H,1H3,(H,48,49,50)(H,51,52,53)(H,54,55,56);;;;/q;;3*+1. The van der Waals surface area contributed by atoms with Gasteiger partial charge in [0.2, 0.25) is 0 Å². The van der Waals surface area contributed by atoms with Crippen LogP contribution >= 0.6 is 0 Å². The van der Waals surface area contributed by atoms with E-state index in [-0.39, 0.29) is 139 Å². The van der Waals surface area contributed by atoms with Crippen LogP contribution in [0.5, 0.6) is 23.0 Å². The number of ether oxygens (including phenoxy) is 1. The van der Waals surface area contributed by atoms with Gasteiger partial charge in [-0.1, -0.05) is 42.5 Å². The summed E-state index contributed by atoms with van der Waals surface area (Å²) in [5.74, 6) is -2.00. The van der Waals surface area contributed by atoms with Gasteiger partial charge >= 0.3 is 88.7 Å². The molecule has 18 nitrogen and oxygen atoms in total. The number of phenolic OH excluding ortho intramolecular Hbond substituents is 3. The third-order valence-corrected chi connectivity index (χ3v) is 11.6. The van der Waals surface area contributed by atoms with Gasteiger partial charge in [0.1, 0.15) is 48.9 Å². The van der Waals surface area contributed by atoms with Gasteiger partial charge in [0.25, 0.3) is 30.4 Å². The zero-order valence-corrected chi connectivity index (χ0v) is 43.2. The van der Waals surface area contributed by atoms with Crippen LogP contribution in [0.3, 0.4) is 0 Å². The van der Waals surface area contributed by atoms with Crippen molar-refractivity contribution in [1.29, 1.82) is 0 Å². The number of para-hydroxylation sites is 1. The number of anilines is 2. The number of hydrogen-bond donors (Lipinski definition) is 7. The molecule has 0 bridgehead atoms. The molecule has 0 atom stereocenters. The molecule has 0 spiro atoms. The normalized spacial score (nSPS) is 11.7. The summed E-state index contributed by atoms with van der Waals surface area (Å²) in [5, 5.41) is 51.6. The van der Waals surface area contributed by atoms with Gasteiger partial charge in [-0.3, -0.25) is 13.7 Å². The van der Waals surface area contributed by atoms with Crippen LogP contribution in [0.25, 0.3) is 32.7 Å². The molecule has 1 radical (unpaired) electrons. The summed E-state index contributed by atoms with van der Waals surface area (Å²) in [6, 6.07) is 27.7. The van der Waals surface area contributed by atoms with Crippen molar-refractivity contribution in [3.63, 3.8) is 0 Å². The van der Waals surface area contributed by atoms with E-state index >= 15 is 0 Å². The Morgan fingerprint density at radius 2 is 1.06 bits per heavy atom. The van der Waals surface area contributed by atoms with E-state index in [2.05, 4.69) is 25.8 Å². The van der Waals surface area contributed by atoms with Crippen LogP contribution in [0.2, 0.25) is 0 Å². The van der Waals surface area contributed by atoms with E-state index in [9.17, 15) is 54.2 Å². The first kappa shape index (κ1) is 54.8. The Morgan fingerprint density at radius 1 is 0.516 bits per heavy atom. The van der Waals surface area contributed by atoms with Crippen LogP contribution in [-0.2, 0) is 47.4 Å². The molecule has 7 aromatic rings. The average molecular weight is 1000 g/mol. The van der Waals surface area contributed by atoms with Crippen molar-refractivity contribution in [3.05, 3.63) is 115 Å². The summed E-state index contributed by atoms with van der Waals surface area (Å²) in [7, 11) is -13.6. The molecule has 0 aromatic heterocycles. The molecule has 64 heavy (non-hydrogen) atoms. The molecule has 7 rings (SSSR count). The van der Waals surface area contributed by atoms with E-state index in [1.54, 1.807) is 12.1 Å². The predicted molar refractivity (Wildman–Crippen MR) is 219 cm³/mol. The molecule has 0 aliphatic heterocycles. The summed E-state index contributed by atoms with van der Waals surface area (Å²) < 4.78 is 109. The topological polar surface area (TPSA) is 294 Å². The Labute approximate surface area is 442 Å². The average Bonchev–Trinajstić information content (AvgIpc) is 3.19. The van der Waals surface area contributed by atoms with Crippen LogP contribution in [0, 0.1) is 0 Å². The van der Waals surface area contributed by atoms with Crippen molar-refractivity contribution < 1.29 is 165 Å². The minimum Gasteiger partial charge on any atom is -0.506 e. The minimum atomic E-state index is -5.06. The number of hydrogen-bond acceptors (Lipinski definition) is 15. The molecule has 0 heterocycles. The first-order valence-corrected chi connectivity index (χ1v) is 21.3. The van der Waals surface area contributed by atoms with E-state index in [4.69, 9.17) is 4.74 Å². The van der Waals surface area contributed by atoms with Crippen molar-refractivity contribution in [2.24, 2.45) is 20.5 Å². The van der Waals surface area contributed by atoms with Gasteiger partial charge in [-0.2, -0.15) is 25.3 Å². The maximum absolute atomic E-state index is 12.4. The van der Waals surface area contributed by atoms with E-state index in [0.29, 0.717) is 16.8 Å². The maximum atomic E-state index is 12.4. The summed E-state index contributed by atoms with van der Waals surface area (Å²) in [5.41, 5.74) is 0.538. The fraction of sp³-hybridized carbons (Fsp3) is 0.0256. The largest absolute Gasteiger partial charge is 1.00 e. The minimum absolute atomic E-state index is 0. The predicted octanol–water partition coefficient (Wildman–Crippen LogP) is 0.109. The molecule has 7 N–H and O–H groups in total. The molecule has 7 aromatic carbocycles. The van der Waals surface area contributed by atoms with Gasteiger partial charge in [-0.05, 0) is 94.7 Å². The maximum Gasteiger partial charge on any atom is 1.00 e. The number of fused-ring (bicyclic) bond motifs is 2. The first-order chi connectivity index (χ1) is 28.3. The fourth-order valence-electron chi connectivity index (χ4n) is 6.22. The molecule has 0 aliphatic rings. The molecule has 0 saturated carbocycles. The van der Waals surface area contributed by atoms with Gasteiger partial charge in [0, 0.05) is 39.2 Å². The van der Waals surface area contributed by atoms with Crippen molar-refractivity contribution in [2.75, 3.05) is 12.4 Å². The summed E-state index contributed by atoms with van der Waals surface area (Å²) >= 11 is 0. The molecule has 0 fully saturated rings. The SMILES string of the molecule is COc1cc(-c2ccc(N=Nc3c(S(=O)(=O)O)cc4cc(Nc5ccccc5)ccc4c3O)c(O)c2)ccc1N=Nc1c(S(=O)(=O)O)cc2cccc(S(=O)(=O)O)c2c1O.[Cu].[Na+].[Na+].[Na+]. The van der Waals surface area contributed by atoms with Gasteiger partial charge < -0.3 is 25.4 Å². The zero-order valence-electron chi connectivity index (χ0n) is 33.8. The third-order valence-electron chi connectivity index (χ3n) is 8.99. The first-order valence-electron chi connectivity index (χ1n) is 17.0. The number of nitrogens with zero attached hydrogens (tertiary/aromatic N) is 4. The fourth-order valence-corrected chi connectivity index (χ4v) is 8.26. The van der Waals surface area contributed by atoms with Crippen molar-refractivity contribution in [1.82, 2.24) is 0 Å². The Bertz CT molecular complexity index is 3320. The summed E-state index contributed by atoms with van der Waals surface area (Å²) in [6.07, 6.45) is 0. The number of aromatic hydroxyl groups is 3. The van der Waals surface area contributed by atoms with Crippen LogP contribution < -0.4 is 98.7 Å².